The van der Waals surface area contributed by atoms with Crippen LogP contribution < -0.4 is 9.75 Å². The standard InChI is InChI=1S/C17H16F3N3O2/c1-11-7-8-15(12(2)9-11)23(16(24)17(18,19)20)22-21-13-5-4-6-14(10-13)25-3/h4-10H,1-3H3. The third-order valence-electron chi connectivity index (χ3n) is 3.32. The number of amides is 1. The van der Waals surface area contributed by atoms with Crippen molar-refractivity contribution >= 4 is 17.3 Å². The Morgan fingerprint density at radius 2 is 1.84 bits per heavy atom. The molecule has 8 heteroatoms. The number of hydrogen-bond acceptors (Lipinski definition) is 4. The van der Waals surface area contributed by atoms with Gasteiger partial charge in [0.25, 0.3) is 0 Å². The SMILES string of the molecule is COc1cccc(N=NN(C(=O)C(F)(F)F)c2ccc(C)cc2C)c1. The predicted octanol–water partition coefficient (Wildman–Crippen LogP) is 4.91. The molecule has 0 fully saturated rings. The summed E-state index contributed by atoms with van der Waals surface area (Å²) in [5.41, 5.74) is 1.59. The van der Waals surface area contributed by atoms with Crippen LogP contribution >= 0.6 is 0 Å². The van der Waals surface area contributed by atoms with Crippen LogP contribution in [-0.2, 0) is 4.79 Å². The number of ether oxygens (including phenoxy) is 1. The van der Waals surface area contributed by atoms with Crippen molar-refractivity contribution in [2.24, 2.45) is 10.3 Å². The summed E-state index contributed by atoms with van der Waals surface area (Å²) >= 11 is 0. The first-order valence-corrected chi connectivity index (χ1v) is 7.26. The van der Waals surface area contributed by atoms with Crippen molar-refractivity contribution in [2.45, 2.75) is 20.0 Å². The van der Waals surface area contributed by atoms with Crippen molar-refractivity contribution in [3.8, 4) is 5.75 Å². The van der Waals surface area contributed by atoms with E-state index in [1.165, 1.54) is 25.3 Å². The Balaban J connectivity index is 2.44. The van der Waals surface area contributed by atoms with Crippen molar-refractivity contribution in [1.29, 1.82) is 0 Å². The largest absolute Gasteiger partial charge is 0.497 e. The van der Waals surface area contributed by atoms with E-state index in [0.29, 0.717) is 11.3 Å². The molecular formula is C17H16F3N3O2. The average molecular weight is 351 g/mol. The average Bonchev–Trinajstić information content (AvgIpc) is 2.55. The van der Waals surface area contributed by atoms with Gasteiger partial charge in [-0.05, 0) is 37.6 Å². The van der Waals surface area contributed by atoms with E-state index in [9.17, 15) is 18.0 Å². The van der Waals surface area contributed by atoms with Gasteiger partial charge >= 0.3 is 12.1 Å². The molecule has 0 unspecified atom stereocenters. The highest BCUT2D eigenvalue weighted by Crippen LogP contribution is 2.29. The fraction of sp³-hybridized carbons (Fsp3) is 0.235. The maximum atomic E-state index is 12.9. The molecule has 2 aromatic rings. The molecule has 25 heavy (non-hydrogen) atoms. The van der Waals surface area contributed by atoms with Gasteiger partial charge in [-0.25, -0.2) is 0 Å². The lowest BCUT2D eigenvalue weighted by atomic mass is 10.1. The topological polar surface area (TPSA) is 54.3 Å². The lowest BCUT2D eigenvalue weighted by Crippen LogP contribution is -2.38. The maximum absolute atomic E-state index is 12.9. The first-order chi connectivity index (χ1) is 11.7. The van der Waals surface area contributed by atoms with Crippen LogP contribution in [0, 0.1) is 13.8 Å². The zero-order chi connectivity index (χ0) is 18.6. The van der Waals surface area contributed by atoms with Gasteiger partial charge in [-0.15, -0.1) is 5.11 Å². The van der Waals surface area contributed by atoms with Gasteiger partial charge in [0, 0.05) is 6.07 Å². The normalized spacial score (nSPS) is 11.6. The monoisotopic (exact) mass is 351 g/mol. The number of alkyl halides is 3. The fourth-order valence-corrected chi connectivity index (χ4v) is 2.13. The quantitative estimate of drug-likeness (QED) is 0.581. The van der Waals surface area contributed by atoms with Crippen LogP contribution in [0.15, 0.2) is 52.8 Å². The summed E-state index contributed by atoms with van der Waals surface area (Å²) < 4.78 is 43.8. The van der Waals surface area contributed by atoms with Gasteiger partial charge in [0.1, 0.15) is 5.75 Å². The fourth-order valence-electron chi connectivity index (χ4n) is 2.13. The molecule has 0 aliphatic carbocycles. The van der Waals surface area contributed by atoms with Crippen LogP contribution in [0.3, 0.4) is 0 Å². The number of rotatable bonds is 4. The van der Waals surface area contributed by atoms with E-state index < -0.39 is 12.1 Å². The van der Waals surface area contributed by atoms with Crippen LogP contribution in [0.4, 0.5) is 24.5 Å². The summed E-state index contributed by atoms with van der Waals surface area (Å²) in [5, 5.41) is 7.53. The molecule has 0 bridgehead atoms. The molecule has 2 aromatic carbocycles. The van der Waals surface area contributed by atoms with Crippen LogP contribution in [0.5, 0.6) is 5.75 Å². The number of benzene rings is 2. The molecule has 5 nitrogen and oxygen atoms in total. The van der Waals surface area contributed by atoms with Crippen molar-refractivity contribution in [2.75, 3.05) is 12.1 Å². The van der Waals surface area contributed by atoms with Gasteiger partial charge < -0.3 is 4.74 Å². The predicted molar refractivity (Wildman–Crippen MR) is 87.0 cm³/mol. The van der Waals surface area contributed by atoms with E-state index >= 15 is 0 Å². The van der Waals surface area contributed by atoms with E-state index in [4.69, 9.17) is 4.74 Å². The minimum absolute atomic E-state index is 0.0135. The molecule has 2 rings (SSSR count). The van der Waals surface area contributed by atoms with Crippen molar-refractivity contribution < 1.29 is 22.7 Å². The summed E-state index contributed by atoms with van der Waals surface area (Å²) in [6.45, 7) is 3.39. The van der Waals surface area contributed by atoms with Gasteiger partial charge in [0.2, 0.25) is 0 Å². The third-order valence-corrected chi connectivity index (χ3v) is 3.32. The number of anilines is 1. The third kappa shape index (κ3) is 4.56. The van der Waals surface area contributed by atoms with E-state index in [-0.39, 0.29) is 16.4 Å². The number of aryl methyl sites for hydroxylation is 2. The Hall–Kier alpha value is -2.90. The van der Waals surface area contributed by atoms with E-state index in [1.807, 2.05) is 0 Å². The van der Waals surface area contributed by atoms with Crippen molar-refractivity contribution in [3.05, 3.63) is 53.6 Å². The number of methoxy groups -OCH3 is 1. The highest BCUT2D eigenvalue weighted by atomic mass is 19.4. The van der Waals surface area contributed by atoms with Crippen LogP contribution in [0.25, 0.3) is 0 Å². The molecule has 0 saturated carbocycles. The summed E-state index contributed by atoms with van der Waals surface area (Å²) in [5.74, 6) is -1.65. The molecule has 0 radical (unpaired) electrons. The molecule has 0 atom stereocenters. The Morgan fingerprint density at radius 1 is 1.12 bits per heavy atom. The smallest absolute Gasteiger partial charge is 0.473 e. The highest BCUT2D eigenvalue weighted by Gasteiger charge is 2.44. The Bertz CT molecular complexity index is 804. The number of carbonyl (C=O) groups excluding carboxylic acids is 1. The van der Waals surface area contributed by atoms with Gasteiger partial charge in [-0.1, -0.05) is 29.0 Å². The summed E-state index contributed by atoms with van der Waals surface area (Å²) in [7, 11) is 1.45. The second kappa shape index (κ2) is 7.33. The molecule has 1 amide bonds. The first kappa shape index (κ1) is 18.4. The van der Waals surface area contributed by atoms with E-state index in [2.05, 4.69) is 10.3 Å². The molecule has 0 aliphatic heterocycles. The van der Waals surface area contributed by atoms with Gasteiger partial charge in [-0.3, -0.25) is 4.79 Å². The van der Waals surface area contributed by atoms with Crippen LogP contribution in [0.1, 0.15) is 11.1 Å². The molecule has 0 N–H and O–H groups in total. The van der Waals surface area contributed by atoms with Gasteiger partial charge in [0.05, 0.1) is 18.5 Å². The molecular weight excluding hydrogens is 335 g/mol. The highest BCUT2D eigenvalue weighted by molar-refractivity contribution is 5.97. The number of halogens is 3. The zero-order valence-electron chi connectivity index (χ0n) is 13.8. The first-order valence-electron chi connectivity index (χ1n) is 7.26. The molecule has 0 saturated heterocycles. The summed E-state index contributed by atoms with van der Waals surface area (Å²) in [4.78, 5) is 11.8. The summed E-state index contributed by atoms with van der Waals surface area (Å²) in [6.07, 6.45) is -5.08. The minimum Gasteiger partial charge on any atom is -0.497 e. The van der Waals surface area contributed by atoms with Gasteiger partial charge in [0.15, 0.2) is 0 Å². The minimum atomic E-state index is -5.08. The van der Waals surface area contributed by atoms with Crippen LogP contribution in [0.2, 0.25) is 0 Å². The van der Waals surface area contributed by atoms with Crippen molar-refractivity contribution in [3.63, 3.8) is 0 Å². The Kier molecular flexibility index (Phi) is 5.41. The van der Waals surface area contributed by atoms with Crippen LogP contribution in [-0.4, -0.2) is 19.2 Å². The number of nitrogens with zero attached hydrogens (tertiary/aromatic N) is 3. The lowest BCUT2D eigenvalue weighted by Gasteiger charge is -2.19. The molecule has 0 heterocycles. The van der Waals surface area contributed by atoms with E-state index in [0.717, 1.165) is 5.56 Å². The summed E-state index contributed by atoms with van der Waals surface area (Å²) in [6, 6.07) is 10.9. The van der Waals surface area contributed by atoms with E-state index in [1.54, 1.807) is 38.1 Å². The Labute approximate surface area is 142 Å². The Morgan fingerprint density at radius 3 is 2.44 bits per heavy atom. The molecule has 132 valence electrons. The van der Waals surface area contributed by atoms with Crippen molar-refractivity contribution in [1.82, 2.24) is 0 Å². The second-order valence-corrected chi connectivity index (χ2v) is 5.30. The lowest BCUT2D eigenvalue weighted by molar-refractivity contribution is -0.170. The second-order valence-electron chi connectivity index (χ2n) is 5.30. The molecule has 0 spiro atoms. The molecule has 0 aliphatic rings. The molecule has 0 aromatic heterocycles. The maximum Gasteiger partial charge on any atom is 0.473 e. The van der Waals surface area contributed by atoms with Gasteiger partial charge in [-0.2, -0.15) is 18.2 Å². The number of hydrogen-bond donors (Lipinski definition) is 0. The number of carbonyl (C=O) groups is 1. The zero-order valence-corrected chi connectivity index (χ0v) is 13.8.